The molecule has 0 bridgehead atoms. The first-order valence-electron chi connectivity index (χ1n) is 4.32. The van der Waals surface area contributed by atoms with Crippen molar-refractivity contribution in [3.8, 4) is 0 Å². The topological polar surface area (TPSA) is 103 Å². The number of anilines is 1. The number of benzene rings is 1. The minimum absolute atomic E-state index is 0.362. The van der Waals surface area contributed by atoms with E-state index in [9.17, 15) is 8.42 Å². The van der Waals surface area contributed by atoms with Gasteiger partial charge in [0, 0.05) is 5.69 Å². The molecule has 2 rings (SSSR count). The molecule has 0 unspecified atom stereocenters. The monoisotopic (exact) mass is 239 g/mol. The van der Waals surface area contributed by atoms with Crippen molar-refractivity contribution in [1.82, 2.24) is 14.9 Å². The summed E-state index contributed by atoms with van der Waals surface area (Å²) in [5, 5.41) is 3.15. The molecule has 1 heterocycles. The first-order valence-corrected chi connectivity index (χ1v) is 5.81. The molecule has 8 heteroatoms. The lowest BCUT2D eigenvalue weighted by molar-refractivity contribution is 0.591. The maximum absolute atomic E-state index is 11.7. The molecule has 0 saturated heterocycles. The zero-order valence-corrected chi connectivity index (χ0v) is 8.92. The van der Waals surface area contributed by atoms with E-state index in [0.717, 1.165) is 11.1 Å². The molecule has 3 N–H and O–H groups in total. The van der Waals surface area contributed by atoms with Crippen LogP contribution in [0.1, 0.15) is 0 Å². The Morgan fingerprint density at radius 2 is 1.94 bits per heavy atom. The van der Waals surface area contributed by atoms with Gasteiger partial charge in [0.15, 0.2) is 0 Å². The smallest absolute Gasteiger partial charge is 0.299 e. The van der Waals surface area contributed by atoms with Gasteiger partial charge in [-0.3, -0.25) is 4.72 Å². The number of nitrogen functional groups attached to an aromatic ring is 1. The molecule has 1 aromatic carbocycles. The summed E-state index contributed by atoms with van der Waals surface area (Å²) in [6.45, 7) is 0. The minimum Gasteiger partial charge on any atom is -0.322 e. The van der Waals surface area contributed by atoms with E-state index in [1.54, 1.807) is 30.3 Å². The molecule has 0 spiro atoms. The number of sulfonamides is 1. The molecule has 16 heavy (non-hydrogen) atoms. The summed E-state index contributed by atoms with van der Waals surface area (Å²) in [4.78, 5) is 4.39. The van der Waals surface area contributed by atoms with Crippen molar-refractivity contribution < 1.29 is 8.42 Å². The van der Waals surface area contributed by atoms with Gasteiger partial charge in [-0.15, -0.1) is 5.10 Å². The Labute approximate surface area is 91.9 Å². The van der Waals surface area contributed by atoms with E-state index in [2.05, 4.69) is 14.8 Å². The third kappa shape index (κ3) is 2.11. The summed E-state index contributed by atoms with van der Waals surface area (Å²) in [5.41, 5.74) is 0.441. The molecule has 0 amide bonds. The molecule has 2 aromatic rings. The second-order valence-corrected chi connectivity index (χ2v) is 4.55. The van der Waals surface area contributed by atoms with Gasteiger partial charge in [-0.25, -0.2) is 4.98 Å². The van der Waals surface area contributed by atoms with Gasteiger partial charge in [0.25, 0.3) is 15.2 Å². The molecule has 84 valence electrons. The van der Waals surface area contributed by atoms with E-state index >= 15 is 0 Å². The van der Waals surface area contributed by atoms with Gasteiger partial charge in [0.2, 0.25) is 0 Å². The Morgan fingerprint density at radius 3 is 2.50 bits per heavy atom. The lowest BCUT2D eigenvalue weighted by Crippen LogP contribution is -2.16. The van der Waals surface area contributed by atoms with Crippen LogP contribution in [0.15, 0.2) is 41.8 Å². The highest BCUT2D eigenvalue weighted by Gasteiger charge is 2.18. The van der Waals surface area contributed by atoms with Crippen molar-refractivity contribution in [2.24, 2.45) is 0 Å². The van der Waals surface area contributed by atoms with E-state index in [4.69, 9.17) is 5.84 Å². The fourth-order valence-electron chi connectivity index (χ4n) is 1.09. The predicted molar refractivity (Wildman–Crippen MR) is 57.4 cm³/mol. The molecule has 0 fully saturated rings. The average molecular weight is 239 g/mol. The first kappa shape index (κ1) is 10.4. The molecule has 0 saturated carbocycles. The normalized spacial score (nSPS) is 11.2. The van der Waals surface area contributed by atoms with Crippen LogP contribution in [0.3, 0.4) is 0 Å². The Bertz CT molecular complexity index is 577. The number of para-hydroxylation sites is 1. The second kappa shape index (κ2) is 3.81. The minimum atomic E-state index is -3.77. The number of hydrogen-bond donors (Lipinski definition) is 2. The molecule has 0 aliphatic carbocycles. The van der Waals surface area contributed by atoms with Crippen molar-refractivity contribution in [2.45, 2.75) is 5.16 Å². The number of nitrogens with two attached hydrogens (primary N) is 1. The van der Waals surface area contributed by atoms with Crippen LogP contribution in [0.25, 0.3) is 0 Å². The van der Waals surface area contributed by atoms with Crippen molar-refractivity contribution in [3.05, 3.63) is 36.7 Å². The van der Waals surface area contributed by atoms with Crippen LogP contribution in [0, 0.1) is 0 Å². The number of aromatic nitrogens is 3. The van der Waals surface area contributed by atoms with Gasteiger partial charge in [-0.1, -0.05) is 18.2 Å². The quantitative estimate of drug-likeness (QED) is 0.721. The van der Waals surface area contributed by atoms with E-state index in [1.807, 2.05) is 0 Å². The van der Waals surface area contributed by atoms with Gasteiger partial charge in [-0.05, 0) is 12.1 Å². The number of hydrogen-bond acceptors (Lipinski definition) is 5. The number of nitrogens with one attached hydrogen (secondary N) is 1. The third-order valence-corrected chi connectivity index (χ3v) is 2.93. The Balaban J connectivity index is 2.28. The molecule has 0 aliphatic heterocycles. The molecular weight excluding hydrogens is 230 g/mol. The highest BCUT2D eigenvalue weighted by atomic mass is 32.2. The van der Waals surface area contributed by atoms with Crippen LogP contribution in [0.4, 0.5) is 5.69 Å². The van der Waals surface area contributed by atoms with Crippen LogP contribution in [-0.4, -0.2) is 23.3 Å². The van der Waals surface area contributed by atoms with E-state index in [-0.39, 0.29) is 5.16 Å². The molecular formula is C8H9N5O2S. The van der Waals surface area contributed by atoms with Gasteiger partial charge in [0.1, 0.15) is 6.33 Å². The SMILES string of the molecule is Nn1cnc(S(=O)(=O)Nc2ccccc2)n1. The number of nitrogens with zero attached hydrogens (tertiary/aromatic N) is 3. The Kier molecular flexibility index (Phi) is 2.49. The van der Waals surface area contributed by atoms with Gasteiger partial charge < -0.3 is 5.84 Å². The van der Waals surface area contributed by atoms with Crippen LogP contribution >= 0.6 is 0 Å². The Hall–Kier alpha value is -2.09. The number of rotatable bonds is 3. The predicted octanol–water partition coefficient (Wildman–Crippen LogP) is -0.207. The van der Waals surface area contributed by atoms with Crippen LogP contribution in [0.2, 0.25) is 0 Å². The van der Waals surface area contributed by atoms with Crippen molar-refractivity contribution in [2.75, 3.05) is 10.6 Å². The van der Waals surface area contributed by atoms with Gasteiger partial charge in [0.05, 0.1) is 0 Å². The molecule has 7 nitrogen and oxygen atoms in total. The van der Waals surface area contributed by atoms with E-state index in [0.29, 0.717) is 5.69 Å². The van der Waals surface area contributed by atoms with E-state index < -0.39 is 10.0 Å². The zero-order valence-electron chi connectivity index (χ0n) is 8.11. The van der Waals surface area contributed by atoms with Crippen LogP contribution in [-0.2, 0) is 10.0 Å². The lowest BCUT2D eigenvalue weighted by Gasteiger charge is -2.03. The summed E-state index contributed by atoms with van der Waals surface area (Å²) in [5.74, 6) is 5.22. The maximum Gasteiger partial charge on any atom is 0.299 e. The molecule has 1 aromatic heterocycles. The van der Waals surface area contributed by atoms with E-state index in [1.165, 1.54) is 0 Å². The summed E-state index contributed by atoms with van der Waals surface area (Å²) < 4.78 is 25.7. The highest BCUT2D eigenvalue weighted by Crippen LogP contribution is 2.11. The van der Waals surface area contributed by atoms with Crippen LogP contribution < -0.4 is 10.6 Å². The zero-order chi connectivity index (χ0) is 11.6. The van der Waals surface area contributed by atoms with Crippen LogP contribution in [0.5, 0.6) is 0 Å². The van der Waals surface area contributed by atoms with Crippen molar-refractivity contribution >= 4 is 15.7 Å². The van der Waals surface area contributed by atoms with Crippen molar-refractivity contribution in [1.29, 1.82) is 0 Å². The van der Waals surface area contributed by atoms with Crippen molar-refractivity contribution in [3.63, 3.8) is 0 Å². The lowest BCUT2D eigenvalue weighted by atomic mass is 10.3. The Morgan fingerprint density at radius 1 is 1.25 bits per heavy atom. The molecule has 0 atom stereocenters. The fraction of sp³-hybridized carbons (Fsp3) is 0. The maximum atomic E-state index is 11.7. The largest absolute Gasteiger partial charge is 0.322 e. The standard InChI is InChI=1S/C8H9N5O2S/c9-13-6-10-8(11-13)16(14,15)12-7-4-2-1-3-5-7/h1-6,12H,9H2. The second-order valence-electron chi connectivity index (χ2n) is 2.98. The summed E-state index contributed by atoms with van der Waals surface area (Å²) >= 11 is 0. The summed E-state index contributed by atoms with van der Waals surface area (Å²) in [6.07, 6.45) is 1.11. The fourth-order valence-corrected chi connectivity index (χ4v) is 2.01. The molecule has 0 radical (unpaired) electrons. The first-order chi connectivity index (χ1) is 7.58. The third-order valence-electron chi connectivity index (χ3n) is 1.75. The van der Waals surface area contributed by atoms with Gasteiger partial charge in [-0.2, -0.15) is 13.2 Å². The summed E-state index contributed by atoms with van der Waals surface area (Å²) in [6, 6.07) is 8.46. The highest BCUT2D eigenvalue weighted by molar-refractivity contribution is 7.92. The summed E-state index contributed by atoms with van der Waals surface area (Å²) in [7, 11) is -3.77. The van der Waals surface area contributed by atoms with Gasteiger partial charge >= 0.3 is 0 Å². The average Bonchev–Trinajstić information content (AvgIpc) is 2.66. The molecule has 0 aliphatic rings.